The topological polar surface area (TPSA) is 74.6 Å². The molecule has 0 saturated heterocycles. The van der Waals surface area contributed by atoms with Crippen LogP contribution in [0.3, 0.4) is 0 Å². The maximum atomic E-state index is 12.2. The van der Waals surface area contributed by atoms with Gasteiger partial charge in [-0.3, -0.25) is 4.55 Å². The maximum Gasteiger partial charge on any atom is 0.294 e. The van der Waals surface area contributed by atoms with Crippen LogP contribution < -0.4 is 0 Å². The second-order valence-electron chi connectivity index (χ2n) is 11.2. The van der Waals surface area contributed by atoms with Crippen molar-refractivity contribution in [3.63, 3.8) is 0 Å². The third-order valence-corrected chi connectivity index (χ3v) is 8.82. The summed E-state index contributed by atoms with van der Waals surface area (Å²) in [6.07, 6.45) is 29.5. The normalized spacial score (nSPS) is 17.6. The molecule has 0 heterocycles. The van der Waals surface area contributed by atoms with Crippen molar-refractivity contribution in [2.75, 3.05) is 0 Å². The van der Waals surface area contributed by atoms with Gasteiger partial charge in [-0.05, 0) is 43.4 Å². The van der Waals surface area contributed by atoms with Crippen LogP contribution in [0.2, 0.25) is 0 Å². The quantitative estimate of drug-likeness (QED) is 0.0770. The zero-order chi connectivity index (χ0) is 27.4. The molecule has 4 nitrogen and oxygen atoms in total. The first kappa shape index (κ1) is 34.0. The SMILES string of the molecule is CCCCCCCCCCCCC1=C(S(=O)(=O)O)C=CC(=C(C)O)C1CCCCCCCCCCCC. The predicted octanol–water partition coefficient (Wildman–Crippen LogP) is 10.8. The summed E-state index contributed by atoms with van der Waals surface area (Å²) in [5.41, 5.74) is 1.61. The van der Waals surface area contributed by atoms with E-state index in [1.165, 1.54) is 109 Å². The van der Waals surface area contributed by atoms with Crippen LogP contribution in [0, 0.1) is 5.92 Å². The highest BCUT2D eigenvalue weighted by Gasteiger charge is 2.29. The molecule has 0 amide bonds. The van der Waals surface area contributed by atoms with E-state index >= 15 is 0 Å². The van der Waals surface area contributed by atoms with Crippen LogP contribution in [0.5, 0.6) is 0 Å². The molecular formula is C32H58O4S. The molecule has 0 aromatic heterocycles. The van der Waals surface area contributed by atoms with Gasteiger partial charge in [0, 0.05) is 5.92 Å². The fourth-order valence-corrected chi connectivity index (χ4v) is 6.45. The summed E-state index contributed by atoms with van der Waals surface area (Å²) in [7, 11) is -4.28. The van der Waals surface area contributed by atoms with E-state index in [1.807, 2.05) is 0 Å². The lowest BCUT2D eigenvalue weighted by Crippen LogP contribution is -2.18. The average molecular weight is 539 g/mol. The Hall–Kier alpha value is -1.07. The van der Waals surface area contributed by atoms with E-state index in [0.717, 1.165) is 43.3 Å². The van der Waals surface area contributed by atoms with Crippen molar-refractivity contribution in [3.8, 4) is 0 Å². The van der Waals surface area contributed by atoms with Gasteiger partial charge >= 0.3 is 0 Å². The molecule has 0 aromatic carbocycles. The first-order valence-corrected chi connectivity index (χ1v) is 17.0. The molecule has 1 aliphatic carbocycles. The fourth-order valence-electron chi connectivity index (χ4n) is 5.64. The van der Waals surface area contributed by atoms with Crippen molar-refractivity contribution in [1.82, 2.24) is 0 Å². The first-order chi connectivity index (χ1) is 17.8. The highest BCUT2D eigenvalue weighted by atomic mass is 32.2. The van der Waals surface area contributed by atoms with E-state index in [0.29, 0.717) is 6.42 Å². The number of unbranched alkanes of at least 4 members (excludes halogenated alkanes) is 18. The largest absolute Gasteiger partial charge is 0.512 e. The summed E-state index contributed by atoms with van der Waals surface area (Å²) in [5.74, 6) is 0.128. The molecular weight excluding hydrogens is 480 g/mol. The van der Waals surface area contributed by atoms with Crippen molar-refractivity contribution in [2.24, 2.45) is 5.92 Å². The number of allylic oxidation sites excluding steroid dienone is 5. The second kappa shape index (κ2) is 20.8. The monoisotopic (exact) mass is 538 g/mol. The summed E-state index contributed by atoms with van der Waals surface area (Å²) in [6, 6.07) is 0. The lowest BCUT2D eigenvalue weighted by molar-refractivity contribution is 0.395. The summed E-state index contributed by atoms with van der Waals surface area (Å²) < 4.78 is 34.4. The Morgan fingerprint density at radius 1 is 0.676 bits per heavy atom. The molecule has 0 saturated carbocycles. The van der Waals surface area contributed by atoms with Gasteiger partial charge < -0.3 is 5.11 Å². The summed E-state index contributed by atoms with van der Waals surface area (Å²) in [5, 5.41) is 10.4. The van der Waals surface area contributed by atoms with E-state index in [-0.39, 0.29) is 16.6 Å². The molecule has 2 N–H and O–H groups in total. The van der Waals surface area contributed by atoms with Crippen LogP contribution in [-0.2, 0) is 10.1 Å². The van der Waals surface area contributed by atoms with Gasteiger partial charge in [-0.15, -0.1) is 0 Å². The van der Waals surface area contributed by atoms with Crippen molar-refractivity contribution >= 4 is 10.1 Å². The van der Waals surface area contributed by atoms with Crippen molar-refractivity contribution in [2.45, 2.75) is 162 Å². The van der Waals surface area contributed by atoms with E-state index in [9.17, 15) is 18.1 Å². The molecule has 0 aromatic rings. The zero-order valence-corrected chi connectivity index (χ0v) is 25.2. The van der Waals surface area contributed by atoms with E-state index in [4.69, 9.17) is 0 Å². The minimum Gasteiger partial charge on any atom is -0.512 e. The Bertz CT molecular complexity index is 788. The molecule has 1 unspecified atom stereocenters. The Labute approximate surface area is 229 Å². The minimum atomic E-state index is -4.28. The standard InChI is InChI=1S/C32H58O4S/c1-4-6-8-10-12-14-16-18-20-22-24-30-29(28(3)33)26-27-32(37(34,35)36)31(30)25-23-21-19-17-15-13-11-9-7-5-2/h26-27,30,33H,4-25H2,1-3H3,(H,34,35,36). The lowest BCUT2D eigenvalue weighted by Gasteiger charge is -2.27. The Kier molecular flexibility index (Phi) is 19.1. The zero-order valence-electron chi connectivity index (χ0n) is 24.4. The molecule has 1 aliphatic rings. The number of hydrogen-bond acceptors (Lipinski definition) is 3. The Morgan fingerprint density at radius 2 is 1.08 bits per heavy atom. The minimum absolute atomic E-state index is 0.0607. The second-order valence-corrected chi connectivity index (χ2v) is 12.6. The third kappa shape index (κ3) is 15.2. The van der Waals surface area contributed by atoms with Crippen molar-refractivity contribution < 1.29 is 18.1 Å². The van der Waals surface area contributed by atoms with Gasteiger partial charge in [0.1, 0.15) is 0 Å². The van der Waals surface area contributed by atoms with E-state index in [2.05, 4.69) is 13.8 Å². The number of rotatable bonds is 23. The lowest BCUT2D eigenvalue weighted by atomic mass is 9.80. The van der Waals surface area contributed by atoms with Crippen LogP contribution >= 0.6 is 0 Å². The van der Waals surface area contributed by atoms with Crippen LogP contribution in [0.4, 0.5) is 0 Å². The third-order valence-electron chi connectivity index (χ3n) is 7.87. The van der Waals surface area contributed by atoms with Gasteiger partial charge in [0.2, 0.25) is 0 Å². The van der Waals surface area contributed by atoms with Crippen molar-refractivity contribution in [3.05, 3.63) is 34.0 Å². The Balaban J connectivity index is 2.59. The number of aliphatic hydroxyl groups excluding tert-OH is 1. The van der Waals surface area contributed by atoms with Crippen LogP contribution in [0.25, 0.3) is 0 Å². The molecule has 0 radical (unpaired) electrons. The molecule has 0 spiro atoms. The van der Waals surface area contributed by atoms with Gasteiger partial charge in [0.15, 0.2) is 0 Å². The van der Waals surface area contributed by atoms with Crippen LogP contribution in [0.15, 0.2) is 34.0 Å². The molecule has 216 valence electrons. The number of aliphatic hydroxyl groups is 1. The average Bonchev–Trinajstić information content (AvgIpc) is 2.85. The molecule has 37 heavy (non-hydrogen) atoms. The summed E-state index contributed by atoms with van der Waals surface area (Å²) >= 11 is 0. The molecule has 0 aliphatic heterocycles. The van der Waals surface area contributed by atoms with Crippen LogP contribution in [-0.4, -0.2) is 18.1 Å². The smallest absolute Gasteiger partial charge is 0.294 e. The van der Waals surface area contributed by atoms with Gasteiger partial charge in [-0.25, -0.2) is 0 Å². The predicted molar refractivity (Wildman–Crippen MR) is 159 cm³/mol. The van der Waals surface area contributed by atoms with E-state index in [1.54, 1.807) is 13.0 Å². The molecule has 1 rings (SSSR count). The first-order valence-electron chi connectivity index (χ1n) is 15.6. The van der Waals surface area contributed by atoms with Gasteiger partial charge in [0.25, 0.3) is 10.1 Å². The highest BCUT2D eigenvalue weighted by Crippen LogP contribution is 2.39. The highest BCUT2D eigenvalue weighted by molar-refractivity contribution is 7.90. The van der Waals surface area contributed by atoms with E-state index < -0.39 is 10.1 Å². The molecule has 0 fully saturated rings. The molecule has 0 bridgehead atoms. The maximum absolute atomic E-state index is 12.2. The molecule has 5 heteroatoms. The number of hydrogen-bond donors (Lipinski definition) is 2. The Morgan fingerprint density at radius 3 is 1.49 bits per heavy atom. The molecule has 1 atom stereocenters. The van der Waals surface area contributed by atoms with Gasteiger partial charge in [0.05, 0.1) is 10.7 Å². The van der Waals surface area contributed by atoms with Gasteiger partial charge in [-0.1, -0.05) is 142 Å². The van der Waals surface area contributed by atoms with Gasteiger partial charge in [-0.2, -0.15) is 8.42 Å². The van der Waals surface area contributed by atoms with Crippen LogP contribution in [0.1, 0.15) is 162 Å². The fraction of sp³-hybridized carbons (Fsp3) is 0.812. The van der Waals surface area contributed by atoms with Crippen molar-refractivity contribution in [1.29, 1.82) is 0 Å². The summed E-state index contributed by atoms with van der Waals surface area (Å²) in [4.78, 5) is 0.0607. The summed E-state index contributed by atoms with van der Waals surface area (Å²) in [6.45, 7) is 6.17.